The van der Waals surface area contributed by atoms with Crippen LogP contribution < -0.4 is 9.64 Å². The van der Waals surface area contributed by atoms with E-state index in [0.29, 0.717) is 30.2 Å². The molecular weight excluding hydrogens is 244 g/mol. The molecule has 3 rings (SSSR count). The zero-order chi connectivity index (χ0) is 13.4. The number of para-hydroxylation sites is 2. The summed E-state index contributed by atoms with van der Waals surface area (Å²) in [4.78, 5) is 14.3. The van der Waals surface area contributed by atoms with E-state index in [4.69, 9.17) is 9.26 Å². The summed E-state index contributed by atoms with van der Waals surface area (Å²) < 4.78 is 10.6. The molecule has 98 valence electrons. The quantitative estimate of drug-likeness (QED) is 0.787. The molecule has 0 atom stereocenters. The van der Waals surface area contributed by atoms with Crippen molar-refractivity contribution < 1.29 is 14.1 Å². The van der Waals surface area contributed by atoms with Crippen molar-refractivity contribution in [3.05, 3.63) is 41.3 Å². The number of carbonyl (C=O) groups excluding carboxylic acids is 1. The standard InChI is InChI=1S/C14H14N2O3/c1-9-13(10(2)19-15-9)14(17)16-7-8-18-12-6-4-3-5-11(12)16/h3-6H,7-8H2,1-2H3. The van der Waals surface area contributed by atoms with Crippen LogP contribution in [0.1, 0.15) is 21.8 Å². The van der Waals surface area contributed by atoms with E-state index in [0.717, 1.165) is 11.4 Å². The van der Waals surface area contributed by atoms with Crippen LogP contribution in [-0.4, -0.2) is 24.2 Å². The van der Waals surface area contributed by atoms with Crippen LogP contribution in [0.15, 0.2) is 28.8 Å². The Balaban J connectivity index is 2.03. The van der Waals surface area contributed by atoms with Crippen LogP contribution in [0.25, 0.3) is 0 Å². The lowest BCUT2D eigenvalue weighted by atomic mass is 10.1. The molecule has 19 heavy (non-hydrogen) atoms. The van der Waals surface area contributed by atoms with Crippen LogP contribution in [-0.2, 0) is 0 Å². The van der Waals surface area contributed by atoms with Crippen molar-refractivity contribution in [2.24, 2.45) is 0 Å². The van der Waals surface area contributed by atoms with E-state index in [1.165, 1.54) is 0 Å². The van der Waals surface area contributed by atoms with Crippen molar-refractivity contribution in [1.29, 1.82) is 0 Å². The van der Waals surface area contributed by atoms with Gasteiger partial charge in [-0.1, -0.05) is 17.3 Å². The van der Waals surface area contributed by atoms with Crippen LogP contribution in [0.3, 0.4) is 0 Å². The van der Waals surface area contributed by atoms with Gasteiger partial charge in [-0.05, 0) is 26.0 Å². The lowest BCUT2D eigenvalue weighted by Gasteiger charge is -2.29. The molecule has 0 saturated heterocycles. The molecule has 1 amide bonds. The second kappa shape index (κ2) is 4.42. The Labute approximate surface area is 110 Å². The molecule has 0 bridgehead atoms. The smallest absolute Gasteiger partial charge is 0.264 e. The van der Waals surface area contributed by atoms with E-state index in [9.17, 15) is 4.79 Å². The maximum Gasteiger partial charge on any atom is 0.264 e. The van der Waals surface area contributed by atoms with E-state index >= 15 is 0 Å². The molecule has 1 aromatic carbocycles. The zero-order valence-corrected chi connectivity index (χ0v) is 10.8. The predicted octanol–water partition coefficient (Wildman–Crippen LogP) is 2.33. The summed E-state index contributed by atoms with van der Waals surface area (Å²) >= 11 is 0. The second-order valence-corrected chi connectivity index (χ2v) is 4.47. The highest BCUT2D eigenvalue weighted by molar-refractivity contribution is 6.08. The third-order valence-corrected chi connectivity index (χ3v) is 3.22. The highest BCUT2D eigenvalue weighted by Crippen LogP contribution is 2.32. The summed E-state index contributed by atoms with van der Waals surface area (Å²) in [5, 5.41) is 3.83. The maximum atomic E-state index is 12.6. The van der Waals surface area contributed by atoms with Crippen molar-refractivity contribution in [2.45, 2.75) is 13.8 Å². The molecule has 0 unspecified atom stereocenters. The normalized spacial score (nSPS) is 13.9. The van der Waals surface area contributed by atoms with Gasteiger partial charge in [0.25, 0.3) is 5.91 Å². The van der Waals surface area contributed by atoms with Crippen LogP contribution >= 0.6 is 0 Å². The summed E-state index contributed by atoms with van der Waals surface area (Å²) in [5.41, 5.74) is 1.95. The van der Waals surface area contributed by atoms with Gasteiger partial charge in [0.2, 0.25) is 0 Å². The van der Waals surface area contributed by atoms with E-state index in [2.05, 4.69) is 5.16 Å². The van der Waals surface area contributed by atoms with Gasteiger partial charge >= 0.3 is 0 Å². The number of amides is 1. The fourth-order valence-electron chi connectivity index (χ4n) is 2.30. The molecule has 2 aromatic rings. The Morgan fingerprint density at radius 3 is 2.84 bits per heavy atom. The number of anilines is 1. The monoisotopic (exact) mass is 258 g/mol. The molecule has 1 aliphatic rings. The lowest BCUT2D eigenvalue weighted by molar-refractivity contribution is 0.0974. The van der Waals surface area contributed by atoms with Crippen LogP contribution in [0, 0.1) is 13.8 Å². The molecule has 0 spiro atoms. The third-order valence-electron chi connectivity index (χ3n) is 3.22. The first-order valence-electron chi connectivity index (χ1n) is 6.15. The van der Waals surface area contributed by atoms with Crippen molar-refractivity contribution in [3.8, 4) is 5.75 Å². The Morgan fingerprint density at radius 1 is 1.32 bits per heavy atom. The minimum atomic E-state index is -0.0907. The molecule has 1 aliphatic heterocycles. The predicted molar refractivity (Wildman–Crippen MR) is 69.6 cm³/mol. The van der Waals surface area contributed by atoms with Gasteiger partial charge < -0.3 is 14.2 Å². The maximum absolute atomic E-state index is 12.6. The minimum Gasteiger partial charge on any atom is -0.490 e. The number of carbonyl (C=O) groups is 1. The van der Waals surface area contributed by atoms with E-state index in [-0.39, 0.29) is 5.91 Å². The van der Waals surface area contributed by atoms with Crippen molar-refractivity contribution in [3.63, 3.8) is 0 Å². The number of nitrogens with zero attached hydrogens (tertiary/aromatic N) is 2. The molecular formula is C14H14N2O3. The Bertz CT molecular complexity index is 614. The molecule has 5 nitrogen and oxygen atoms in total. The molecule has 5 heteroatoms. The average molecular weight is 258 g/mol. The lowest BCUT2D eigenvalue weighted by Crippen LogP contribution is -2.38. The first-order valence-corrected chi connectivity index (χ1v) is 6.15. The van der Waals surface area contributed by atoms with Crippen LogP contribution in [0.4, 0.5) is 5.69 Å². The molecule has 0 aliphatic carbocycles. The highest BCUT2D eigenvalue weighted by Gasteiger charge is 2.28. The van der Waals surface area contributed by atoms with E-state index in [1.807, 2.05) is 24.3 Å². The zero-order valence-electron chi connectivity index (χ0n) is 10.8. The fourth-order valence-corrected chi connectivity index (χ4v) is 2.30. The molecule has 1 aromatic heterocycles. The summed E-state index contributed by atoms with van der Waals surface area (Å²) in [6.07, 6.45) is 0. The number of fused-ring (bicyclic) bond motifs is 1. The fraction of sp³-hybridized carbons (Fsp3) is 0.286. The molecule has 0 radical (unpaired) electrons. The van der Waals surface area contributed by atoms with Crippen LogP contribution in [0.2, 0.25) is 0 Å². The van der Waals surface area contributed by atoms with Gasteiger partial charge in [0.15, 0.2) is 0 Å². The number of benzene rings is 1. The van der Waals surface area contributed by atoms with Crippen molar-refractivity contribution in [2.75, 3.05) is 18.1 Å². The molecule has 2 heterocycles. The van der Waals surface area contributed by atoms with Gasteiger partial charge in [-0.25, -0.2) is 0 Å². The van der Waals surface area contributed by atoms with Crippen LogP contribution in [0.5, 0.6) is 5.75 Å². The Kier molecular flexibility index (Phi) is 2.74. The van der Waals surface area contributed by atoms with Gasteiger partial charge in [0.05, 0.1) is 17.9 Å². The number of aromatic nitrogens is 1. The van der Waals surface area contributed by atoms with Crippen molar-refractivity contribution >= 4 is 11.6 Å². The highest BCUT2D eigenvalue weighted by atomic mass is 16.5. The first-order chi connectivity index (χ1) is 9.18. The number of rotatable bonds is 1. The van der Waals surface area contributed by atoms with Gasteiger partial charge in [0.1, 0.15) is 23.7 Å². The number of ether oxygens (including phenoxy) is 1. The summed E-state index contributed by atoms with van der Waals surface area (Å²) in [7, 11) is 0. The Morgan fingerprint density at radius 2 is 2.11 bits per heavy atom. The summed E-state index contributed by atoms with van der Waals surface area (Å²) in [5.74, 6) is 1.19. The van der Waals surface area contributed by atoms with E-state index < -0.39 is 0 Å². The van der Waals surface area contributed by atoms with Gasteiger partial charge in [-0.2, -0.15) is 0 Å². The Hall–Kier alpha value is -2.30. The van der Waals surface area contributed by atoms with Gasteiger partial charge in [0, 0.05) is 0 Å². The second-order valence-electron chi connectivity index (χ2n) is 4.47. The molecule has 0 saturated carbocycles. The summed E-state index contributed by atoms with van der Waals surface area (Å²) in [6, 6.07) is 7.52. The van der Waals surface area contributed by atoms with Gasteiger partial charge in [-0.3, -0.25) is 4.79 Å². The topological polar surface area (TPSA) is 55.6 Å². The minimum absolute atomic E-state index is 0.0907. The van der Waals surface area contributed by atoms with Gasteiger partial charge in [-0.15, -0.1) is 0 Å². The number of hydrogen-bond donors (Lipinski definition) is 0. The van der Waals surface area contributed by atoms with E-state index in [1.54, 1.807) is 18.7 Å². The number of hydrogen-bond acceptors (Lipinski definition) is 4. The first kappa shape index (κ1) is 11.8. The van der Waals surface area contributed by atoms with Crippen molar-refractivity contribution in [1.82, 2.24) is 5.16 Å². The average Bonchev–Trinajstić information content (AvgIpc) is 2.77. The third kappa shape index (κ3) is 1.87. The number of aryl methyl sites for hydroxylation is 2. The summed E-state index contributed by atoms with van der Waals surface area (Å²) in [6.45, 7) is 4.54. The molecule has 0 fully saturated rings. The molecule has 0 N–H and O–H groups in total. The SMILES string of the molecule is Cc1noc(C)c1C(=O)N1CCOc2ccccc21. The largest absolute Gasteiger partial charge is 0.490 e.